The van der Waals surface area contributed by atoms with Gasteiger partial charge in [-0.25, -0.2) is 0 Å². The Morgan fingerprint density at radius 2 is 1.96 bits per heavy atom. The number of rotatable bonds is 6. The largest absolute Gasteiger partial charge is 0.454 e. The fourth-order valence-corrected chi connectivity index (χ4v) is 3.31. The third-order valence-corrected chi connectivity index (χ3v) is 4.76. The molecular weight excluding hydrogens is 322 g/mol. The SMILES string of the molecule is CC(OC(=O)CC1CCCCC1)C(=O)NCc1ccc2c(c1)OCO2. The van der Waals surface area contributed by atoms with Crippen LogP contribution < -0.4 is 14.8 Å². The Balaban J connectivity index is 1.42. The van der Waals surface area contributed by atoms with E-state index in [-0.39, 0.29) is 18.7 Å². The summed E-state index contributed by atoms with van der Waals surface area (Å²) in [7, 11) is 0. The van der Waals surface area contributed by atoms with Gasteiger partial charge in [-0.05, 0) is 43.4 Å². The molecule has 0 spiro atoms. The predicted molar refractivity (Wildman–Crippen MR) is 91.2 cm³/mol. The van der Waals surface area contributed by atoms with E-state index in [9.17, 15) is 9.59 Å². The van der Waals surface area contributed by atoms with E-state index in [0.717, 1.165) is 18.4 Å². The van der Waals surface area contributed by atoms with Crippen LogP contribution in [0, 0.1) is 5.92 Å². The van der Waals surface area contributed by atoms with Crippen molar-refractivity contribution in [2.24, 2.45) is 5.92 Å². The molecule has 1 heterocycles. The Labute approximate surface area is 147 Å². The van der Waals surface area contributed by atoms with Gasteiger partial charge in [-0.15, -0.1) is 0 Å². The molecule has 136 valence electrons. The summed E-state index contributed by atoms with van der Waals surface area (Å²) in [6, 6.07) is 5.52. The summed E-state index contributed by atoms with van der Waals surface area (Å²) in [5, 5.41) is 2.79. The fraction of sp³-hybridized carbons (Fsp3) is 0.579. The lowest BCUT2D eigenvalue weighted by molar-refractivity contribution is -0.156. The van der Waals surface area contributed by atoms with E-state index < -0.39 is 6.10 Å². The minimum absolute atomic E-state index is 0.221. The topological polar surface area (TPSA) is 73.9 Å². The molecule has 0 radical (unpaired) electrons. The Morgan fingerprint density at radius 1 is 1.20 bits per heavy atom. The first kappa shape index (κ1) is 17.6. The number of carbonyl (C=O) groups excluding carboxylic acids is 2. The number of amides is 1. The second-order valence-electron chi connectivity index (χ2n) is 6.75. The highest BCUT2D eigenvalue weighted by Crippen LogP contribution is 2.32. The molecule has 1 saturated carbocycles. The molecule has 0 bridgehead atoms. The maximum absolute atomic E-state index is 12.1. The van der Waals surface area contributed by atoms with Crippen molar-refractivity contribution in [2.45, 2.75) is 58.1 Å². The fourth-order valence-electron chi connectivity index (χ4n) is 3.31. The van der Waals surface area contributed by atoms with Crippen molar-refractivity contribution in [3.05, 3.63) is 23.8 Å². The Kier molecular flexibility index (Phi) is 5.79. The van der Waals surface area contributed by atoms with Gasteiger partial charge in [-0.3, -0.25) is 9.59 Å². The Morgan fingerprint density at radius 3 is 2.76 bits per heavy atom. The summed E-state index contributed by atoms with van der Waals surface area (Å²) in [4.78, 5) is 24.1. The molecular formula is C19H25NO5. The smallest absolute Gasteiger partial charge is 0.306 e. The van der Waals surface area contributed by atoms with Crippen LogP contribution in [0.3, 0.4) is 0 Å². The minimum Gasteiger partial charge on any atom is -0.454 e. The number of ether oxygens (including phenoxy) is 3. The van der Waals surface area contributed by atoms with Crippen molar-refractivity contribution in [1.82, 2.24) is 5.32 Å². The highest BCUT2D eigenvalue weighted by atomic mass is 16.7. The van der Waals surface area contributed by atoms with Gasteiger partial charge < -0.3 is 19.5 Å². The average Bonchev–Trinajstić information content (AvgIpc) is 3.08. The third-order valence-electron chi connectivity index (χ3n) is 4.76. The third kappa shape index (κ3) is 4.87. The molecule has 6 heteroatoms. The van der Waals surface area contributed by atoms with Crippen molar-refractivity contribution >= 4 is 11.9 Å². The molecule has 1 unspecified atom stereocenters. The molecule has 1 fully saturated rings. The van der Waals surface area contributed by atoms with E-state index >= 15 is 0 Å². The number of esters is 1. The quantitative estimate of drug-likeness (QED) is 0.801. The number of hydrogen-bond donors (Lipinski definition) is 1. The zero-order valence-corrected chi connectivity index (χ0v) is 14.6. The highest BCUT2D eigenvalue weighted by Gasteiger charge is 2.22. The molecule has 0 saturated heterocycles. The lowest BCUT2D eigenvalue weighted by Gasteiger charge is -2.21. The van der Waals surface area contributed by atoms with Gasteiger partial charge in [-0.2, -0.15) is 0 Å². The maximum atomic E-state index is 12.1. The van der Waals surface area contributed by atoms with E-state index in [2.05, 4.69) is 5.32 Å². The number of hydrogen-bond acceptors (Lipinski definition) is 5. The first-order chi connectivity index (χ1) is 12.1. The zero-order chi connectivity index (χ0) is 17.6. The zero-order valence-electron chi connectivity index (χ0n) is 14.6. The van der Waals surface area contributed by atoms with Gasteiger partial charge >= 0.3 is 5.97 Å². The highest BCUT2D eigenvalue weighted by molar-refractivity contribution is 5.83. The van der Waals surface area contributed by atoms with Gasteiger partial charge in [0.25, 0.3) is 5.91 Å². The summed E-state index contributed by atoms with van der Waals surface area (Å²) in [5.41, 5.74) is 0.901. The van der Waals surface area contributed by atoms with Gasteiger partial charge in [0, 0.05) is 13.0 Å². The van der Waals surface area contributed by atoms with Crippen LogP contribution in [-0.2, 0) is 20.9 Å². The molecule has 25 heavy (non-hydrogen) atoms. The molecule has 1 aromatic carbocycles. The van der Waals surface area contributed by atoms with Crippen molar-refractivity contribution in [1.29, 1.82) is 0 Å². The normalized spacial score (nSPS) is 17.8. The van der Waals surface area contributed by atoms with Crippen LogP contribution in [0.2, 0.25) is 0 Å². The second kappa shape index (κ2) is 8.23. The van der Waals surface area contributed by atoms with Crippen LogP contribution in [-0.4, -0.2) is 24.8 Å². The van der Waals surface area contributed by atoms with Gasteiger partial charge in [0.1, 0.15) is 0 Å². The summed E-state index contributed by atoms with van der Waals surface area (Å²) in [6.07, 6.45) is 5.42. The van der Waals surface area contributed by atoms with Crippen LogP contribution in [0.5, 0.6) is 11.5 Å². The van der Waals surface area contributed by atoms with Gasteiger partial charge in [0.2, 0.25) is 6.79 Å². The van der Waals surface area contributed by atoms with Gasteiger partial charge in [0.05, 0.1) is 0 Å². The number of benzene rings is 1. The summed E-state index contributed by atoms with van der Waals surface area (Å²) < 4.78 is 15.9. The monoisotopic (exact) mass is 347 g/mol. The molecule has 1 aliphatic carbocycles. The van der Waals surface area contributed by atoms with Crippen LogP contribution in [0.4, 0.5) is 0 Å². The molecule has 2 aliphatic rings. The molecule has 1 amide bonds. The van der Waals surface area contributed by atoms with Crippen molar-refractivity contribution < 1.29 is 23.8 Å². The Bertz CT molecular complexity index is 624. The van der Waals surface area contributed by atoms with Crippen LogP contribution >= 0.6 is 0 Å². The predicted octanol–water partition coefficient (Wildman–Crippen LogP) is 2.93. The number of carbonyl (C=O) groups is 2. The van der Waals surface area contributed by atoms with Crippen molar-refractivity contribution in [3.63, 3.8) is 0 Å². The summed E-state index contributed by atoms with van der Waals surface area (Å²) in [5.74, 6) is 1.22. The molecule has 1 aliphatic heterocycles. The van der Waals surface area contributed by atoms with Crippen LogP contribution in [0.15, 0.2) is 18.2 Å². The maximum Gasteiger partial charge on any atom is 0.306 e. The molecule has 0 aromatic heterocycles. The lowest BCUT2D eigenvalue weighted by Crippen LogP contribution is -2.35. The summed E-state index contributed by atoms with van der Waals surface area (Å²) in [6.45, 7) is 2.17. The van der Waals surface area contributed by atoms with Crippen molar-refractivity contribution in [3.8, 4) is 11.5 Å². The number of fused-ring (bicyclic) bond motifs is 1. The van der Waals surface area contributed by atoms with Gasteiger partial charge in [-0.1, -0.05) is 25.3 Å². The lowest BCUT2D eigenvalue weighted by atomic mass is 9.87. The van der Waals surface area contributed by atoms with E-state index in [0.29, 0.717) is 30.4 Å². The first-order valence-electron chi connectivity index (χ1n) is 8.97. The molecule has 6 nitrogen and oxygen atoms in total. The van der Waals surface area contributed by atoms with Crippen LogP contribution in [0.25, 0.3) is 0 Å². The molecule has 1 aromatic rings. The standard InChI is InChI=1S/C19H25NO5/c1-13(25-18(21)10-14-5-3-2-4-6-14)19(22)20-11-15-7-8-16-17(9-15)24-12-23-16/h7-9,13-14H,2-6,10-12H2,1H3,(H,20,22). The van der Waals surface area contributed by atoms with E-state index in [4.69, 9.17) is 14.2 Å². The van der Waals surface area contributed by atoms with Crippen molar-refractivity contribution in [2.75, 3.05) is 6.79 Å². The Hall–Kier alpha value is -2.24. The van der Waals surface area contributed by atoms with E-state index in [1.807, 2.05) is 18.2 Å². The van der Waals surface area contributed by atoms with Gasteiger partial charge in [0.15, 0.2) is 17.6 Å². The molecule has 1 atom stereocenters. The summed E-state index contributed by atoms with van der Waals surface area (Å²) >= 11 is 0. The first-order valence-corrected chi connectivity index (χ1v) is 8.97. The second-order valence-corrected chi connectivity index (χ2v) is 6.75. The van der Waals surface area contributed by atoms with E-state index in [1.165, 1.54) is 19.3 Å². The van der Waals surface area contributed by atoms with Crippen LogP contribution in [0.1, 0.15) is 51.0 Å². The molecule has 1 N–H and O–H groups in total. The molecule has 3 rings (SSSR count). The van der Waals surface area contributed by atoms with E-state index in [1.54, 1.807) is 6.92 Å². The average molecular weight is 347 g/mol. The number of nitrogens with one attached hydrogen (secondary N) is 1. The minimum atomic E-state index is -0.787.